The SMILES string of the molecule is CCC[C@@H]([C@@H](CC1CCCCC1)C(=O)N[C@@H](CCCN/C(N)=N/[N+](=O)[O-])C(=O)Nc1nccs1)N(O)C=O. The zero-order valence-electron chi connectivity index (χ0n) is 21.6. The van der Waals surface area contributed by atoms with E-state index in [4.69, 9.17) is 5.73 Å². The monoisotopic (exact) mass is 554 g/mol. The molecule has 0 saturated heterocycles. The molecule has 38 heavy (non-hydrogen) atoms. The van der Waals surface area contributed by atoms with Crippen LogP contribution in [0.3, 0.4) is 0 Å². The number of hydroxylamine groups is 2. The van der Waals surface area contributed by atoms with E-state index in [1.807, 2.05) is 6.92 Å². The lowest BCUT2D eigenvalue weighted by molar-refractivity contribution is -0.485. The van der Waals surface area contributed by atoms with Gasteiger partial charge in [-0.2, -0.15) is 0 Å². The Morgan fingerprint density at radius 2 is 2.08 bits per heavy atom. The number of nitrogens with one attached hydrogen (secondary N) is 3. The van der Waals surface area contributed by atoms with Gasteiger partial charge in [-0.15, -0.1) is 11.3 Å². The lowest BCUT2D eigenvalue weighted by Crippen LogP contribution is -2.51. The molecule has 1 aromatic heterocycles. The van der Waals surface area contributed by atoms with Crippen molar-refractivity contribution in [3.63, 3.8) is 0 Å². The number of anilines is 1. The predicted octanol–water partition coefficient (Wildman–Crippen LogP) is 2.05. The van der Waals surface area contributed by atoms with Gasteiger partial charge in [-0.1, -0.05) is 45.4 Å². The van der Waals surface area contributed by atoms with Crippen molar-refractivity contribution in [2.75, 3.05) is 11.9 Å². The summed E-state index contributed by atoms with van der Waals surface area (Å²) < 4.78 is 0. The third-order valence-corrected chi connectivity index (χ3v) is 7.29. The van der Waals surface area contributed by atoms with E-state index in [-0.39, 0.29) is 24.8 Å². The average Bonchev–Trinajstić information content (AvgIpc) is 3.40. The Morgan fingerprint density at radius 1 is 1.34 bits per heavy atom. The van der Waals surface area contributed by atoms with E-state index >= 15 is 0 Å². The summed E-state index contributed by atoms with van der Waals surface area (Å²) in [6, 6.07) is -1.68. The molecule has 3 amide bonds. The quantitative estimate of drug-likeness (QED) is 0.0385. The van der Waals surface area contributed by atoms with Crippen molar-refractivity contribution in [1.82, 2.24) is 20.7 Å². The number of nitrogens with two attached hydrogens (primary N) is 1. The van der Waals surface area contributed by atoms with Gasteiger partial charge in [-0.25, -0.2) is 20.2 Å². The van der Waals surface area contributed by atoms with Crippen LogP contribution in [-0.2, 0) is 14.4 Å². The van der Waals surface area contributed by atoms with E-state index in [0.717, 1.165) is 32.1 Å². The smallest absolute Gasteiger partial charge is 0.266 e. The Balaban J connectivity index is 2.18. The fourth-order valence-corrected chi connectivity index (χ4v) is 5.32. The number of aromatic nitrogens is 1. The largest absolute Gasteiger partial charge is 0.365 e. The number of amides is 3. The van der Waals surface area contributed by atoms with Gasteiger partial charge < -0.3 is 21.7 Å². The number of nitro groups is 1. The Kier molecular flexibility index (Phi) is 13.4. The van der Waals surface area contributed by atoms with Crippen molar-refractivity contribution < 1.29 is 24.6 Å². The van der Waals surface area contributed by atoms with Gasteiger partial charge in [0.05, 0.1) is 12.0 Å². The van der Waals surface area contributed by atoms with Crippen LogP contribution in [0, 0.1) is 22.0 Å². The summed E-state index contributed by atoms with van der Waals surface area (Å²) in [6.07, 6.45) is 9.19. The Morgan fingerprint density at radius 3 is 2.68 bits per heavy atom. The summed E-state index contributed by atoms with van der Waals surface area (Å²) >= 11 is 1.23. The second-order valence-electron chi connectivity index (χ2n) is 9.37. The van der Waals surface area contributed by atoms with Crippen molar-refractivity contribution in [3.8, 4) is 0 Å². The van der Waals surface area contributed by atoms with Gasteiger partial charge in [0.15, 0.2) is 10.2 Å². The van der Waals surface area contributed by atoms with E-state index in [1.165, 1.54) is 11.3 Å². The summed E-state index contributed by atoms with van der Waals surface area (Å²) in [6.45, 7) is 2.09. The molecule has 1 aliphatic carbocycles. The number of thiazole rings is 1. The summed E-state index contributed by atoms with van der Waals surface area (Å²) in [5.41, 5.74) is 5.44. The van der Waals surface area contributed by atoms with Crippen LogP contribution in [0.1, 0.15) is 71.1 Å². The van der Waals surface area contributed by atoms with E-state index in [0.29, 0.717) is 42.3 Å². The van der Waals surface area contributed by atoms with Gasteiger partial charge in [0.25, 0.3) is 5.96 Å². The van der Waals surface area contributed by atoms with Crippen molar-refractivity contribution in [1.29, 1.82) is 0 Å². The number of hydrogen-bond acceptors (Lipinski definition) is 8. The van der Waals surface area contributed by atoms with Gasteiger partial charge in [-0.05, 0) is 31.6 Å². The minimum Gasteiger partial charge on any atom is -0.365 e. The summed E-state index contributed by atoms with van der Waals surface area (Å²) in [4.78, 5) is 52.7. The number of rotatable bonds is 16. The molecule has 0 aromatic carbocycles. The normalized spacial score (nSPS) is 16.6. The second kappa shape index (κ2) is 16.5. The van der Waals surface area contributed by atoms with Gasteiger partial charge in [0.1, 0.15) is 11.1 Å². The molecule has 15 heteroatoms. The van der Waals surface area contributed by atoms with Crippen LogP contribution in [0.15, 0.2) is 16.7 Å². The zero-order valence-corrected chi connectivity index (χ0v) is 22.4. The highest BCUT2D eigenvalue weighted by molar-refractivity contribution is 7.13. The molecule has 2 rings (SSSR count). The fraction of sp³-hybridized carbons (Fsp3) is 0.696. The molecule has 14 nitrogen and oxygen atoms in total. The van der Waals surface area contributed by atoms with Crippen molar-refractivity contribution in [3.05, 3.63) is 21.7 Å². The number of carbonyl (C=O) groups excluding carboxylic acids is 3. The van der Waals surface area contributed by atoms with E-state index in [9.17, 15) is 29.7 Å². The average molecular weight is 555 g/mol. The van der Waals surface area contributed by atoms with Crippen LogP contribution in [0.5, 0.6) is 0 Å². The number of nitrogens with zero attached hydrogens (tertiary/aromatic N) is 4. The van der Waals surface area contributed by atoms with Gasteiger partial charge in [0.2, 0.25) is 18.2 Å². The highest BCUT2D eigenvalue weighted by Gasteiger charge is 2.36. The van der Waals surface area contributed by atoms with Gasteiger partial charge >= 0.3 is 0 Å². The summed E-state index contributed by atoms with van der Waals surface area (Å²) in [7, 11) is 0. The molecule has 0 radical (unpaired) electrons. The van der Waals surface area contributed by atoms with E-state index < -0.39 is 34.8 Å². The standard InChI is InChI=1S/C23H38N8O6S/c1-2-7-19(30(35)15-32)17(14-16-8-4-3-5-9-16)20(33)27-18(21(34)28-23-26-12-13-38-23)10-6-11-25-22(24)29-31(36)37/h12-13,15-19,35H,2-11,14H2,1H3,(H,27,33)(H3,24,25,29)(H,26,28,34)/t17-,18+,19+/m1/s1. The summed E-state index contributed by atoms with van der Waals surface area (Å²) in [5, 5.41) is 33.6. The first-order chi connectivity index (χ1) is 18.2. The molecule has 1 heterocycles. The maximum atomic E-state index is 13.6. The van der Waals surface area contributed by atoms with Crippen molar-refractivity contribution >= 4 is 40.7 Å². The number of hydrazone groups is 1. The highest BCUT2D eigenvalue weighted by atomic mass is 32.1. The molecule has 1 saturated carbocycles. The summed E-state index contributed by atoms with van der Waals surface area (Å²) in [5.74, 6) is -1.68. The molecular weight excluding hydrogens is 516 g/mol. The van der Waals surface area contributed by atoms with Crippen LogP contribution < -0.4 is 21.7 Å². The third-order valence-electron chi connectivity index (χ3n) is 6.61. The first-order valence-corrected chi connectivity index (χ1v) is 13.8. The molecular formula is C23H38N8O6S. The van der Waals surface area contributed by atoms with Crippen LogP contribution >= 0.6 is 11.3 Å². The maximum Gasteiger partial charge on any atom is 0.266 e. The van der Waals surface area contributed by atoms with Gasteiger partial charge in [0, 0.05) is 18.1 Å². The van der Waals surface area contributed by atoms with Crippen LogP contribution in [0.4, 0.5) is 5.13 Å². The second-order valence-corrected chi connectivity index (χ2v) is 10.3. The first-order valence-electron chi connectivity index (χ1n) is 12.9. The minimum absolute atomic E-state index is 0.180. The zero-order chi connectivity index (χ0) is 27.9. The van der Waals surface area contributed by atoms with Crippen LogP contribution in [0.2, 0.25) is 0 Å². The Bertz CT molecular complexity index is 925. The highest BCUT2D eigenvalue weighted by Crippen LogP contribution is 2.32. The molecule has 0 spiro atoms. The molecule has 3 atom stereocenters. The molecule has 1 aliphatic rings. The van der Waals surface area contributed by atoms with Crippen LogP contribution in [0.25, 0.3) is 0 Å². The minimum atomic E-state index is -0.957. The van der Waals surface area contributed by atoms with Gasteiger partial charge in [-0.3, -0.25) is 19.6 Å². The first kappa shape index (κ1) is 30.9. The molecule has 1 aromatic rings. The van der Waals surface area contributed by atoms with Crippen LogP contribution in [-0.4, -0.2) is 63.1 Å². The number of carbonyl (C=O) groups is 3. The predicted molar refractivity (Wildman–Crippen MR) is 142 cm³/mol. The number of guanidine groups is 1. The van der Waals surface area contributed by atoms with E-state index in [1.54, 1.807) is 11.6 Å². The topological polar surface area (TPSA) is 205 Å². The molecule has 0 aliphatic heterocycles. The Hall–Kier alpha value is -3.33. The Labute approximate surface area is 225 Å². The molecule has 0 bridgehead atoms. The van der Waals surface area contributed by atoms with Crippen molar-refractivity contribution in [2.24, 2.45) is 22.7 Å². The fourth-order valence-electron chi connectivity index (χ4n) is 4.78. The lowest BCUT2D eigenvalue weighted by Gasteiger charge is -2.34. The molecule has 0 unspecified atom stereocenters. The maximum absolute atomic E-state index is 13.6. The molecule has 1 fully saturated rings. The number of hydrogen-bond donors (Lipinski definition) is 5. The molecule has 212 valence electrons. The molecule has 6 N–H and O–H groups in total. The third kappa shape index (κ3) is 10.6. The van der Waals surface area contributed by atoms with Crippen molar-refractivity contribution in [2.45, 2.75) is 83.2 Å². The lowest BCUT2D eigenvalue weighted by atomic mass is 9.79. The van der Waals surface area contributed by atoms with E-state index in [2.05, 4.69) is 26.0 Å².